The first kappa shape index (κ1) is 110. The van der Waals surface area contributed by atoms with E-state index in [1.54, 1.807) is 0 Å². The third-order valence-electron chi connectivity index (χ3n) is 23.4. The van der Waals surface area contributed by atoms with Crippen LogP contribution in [0.2, 0.25) is 0 Å². The summed E-state index contributed by atoms with van der Waals surface area (Å²) in [4.78, 5) is 108. The van der Waals surface area contributed by atoms with Gasteiger partial charge in [0.25, 0.3) is 0 Å². The van der Waals surface area contributed by atoms with E-state index in [9.17, 15) is 38.4 Å². The molecule has 1 aliphatic rings. The molecule has 1 aliphatic heterocycles. The molecule has 2 N–H and O–H groups in total. The van der Waals surface area contributed by atoms with Crippen molar-refractivity contribution < 1.29 is 66.8 Å². The number of hydrogen-bond acceptors (Lipinski definition) is 16. The maximum atomic E-state index is 13.3. The van der Waals surface area contributed by atoms with Crippen LogP contribution in [0.25, 0.3) is 0 Å². The summed E-state index contributed by atoms with van der Waals surface area (Å²) >= 11 is 0. The van der Waals surface area contributed by atoms with E-state index in [1.165, 1.54) is 334 Å². The predicted octanol–water partition coefficient (Wildman–Crippen LogP) is 25.0. The summed E-state index contributed by atoms with van der Waals surface area (Å²) in [7, 11) is 0. The van der Waals surface area contributed by atoms with Gasteiger partial charge in [0, 0.05) is 52.1 Å². The molecule has 0 aromatic heterocycles. The van der Waals surface area contributed by atoms with E-state index < -0.39 is 35.8 Å². The molecular formula is C98H184N4O14. The zero-order chi connectivity index (χ0) is 84.0. The van der Waals surface area contributed by atoms with Gasteiger partial charge in [-0.15, -0.1) is 0 Å². The first-order valence-electron chi connectivity index (χ1n) is 49.9. The number of nitrogens with one attached hydrogen (secondary N) is 2. The van der Waals surface area contributed by atoms with Gasteiger partial charge >= 0.3 is 35.8 Å². The molecule has 0 aliphatic carbocycles. The summed E-state index contributed by atoms with van der Waals surface area (Å²) < 4.78 is 33.6. The Bertz CT molecular complexity index is 2000. The van der Waals surface area contributed by atoms with Gasteiger partial charge in [0.2, 0.25) is 11.8 Å². The molecule has 0 aromatic carbocycles. The molecule has 116 heavy (non-hydrogen) atoms. The molecule has 680 valence electrons. The highest BCUT2D eigenvalue weighted by atomic mass is 16.6. The summed E-state index contributed by atoms with van der Waals surface area (Å²) in [5, 5.41) is 5.46. The van der Waals surface area contributed by atoms with Crippen LogP contribution in [0.3, 0.4) is 0 Å². The number of esters is 6. The highest BCUT2D eigenvalue weighted by Crippen LogP contribution is 2.21. The minimum absolute atomic E-state index is 0.0207. The SMILES string of the molecule is CCCCCCCCCCCCCCCCCCOC(=O)CCN(CCC(=O)OCCCCCCCCCCCCCCCCCC)CCC(=O)OCCC1NC(=O)C(CCOC(=O)CCN(CCC(=O)OCCCCCCCCCCCCCCCCCC)CCC(=O)OCCCCCCCCCCCCCCCCCC)NC1=O. The molecule has 0 bridgehead atoms. The molecule has 1 rings (SSSR count). The van der Waals surface area contributed by atoms with Crippen LogP contribution in [0, 0.1) is 0 Å². The Kier molecular flexibility index (Phi) is 82.3. The maximum absolute atomic E-state index is 13.3. The fraction of sp³-hybridized carbons (Fsp3) is 0.918. The summed E-state index contributed by atoms with van der Waals surface area (Å²) in [5.41, 5.74) is 0. The number of nitrogens with zero attached hydrogens (tertiary/aromatic N) is 2. The lowest BCUT2D eigenvalue weighted by Gasteiger charge is -2.29. The second-order valence-corrected chi connectivity index (χ2v) is 34.4. The Balaban J connectivity index is 2.62. The van der Waals surface area contributed by atoms with E-state index in [4.69, 9.17) is 28.4 Å². The second kappa shape index (κ2) is 87.0. The Morgan fingerprint density at radius 3 is 0.483 bits per heavy atom. The third-order valence-corrected chi connectivity index (χ3v) is 23.4. The summed E-state index contributed by atoms with van der Waals surface area (Å²) in [6, 6.07) is -1.89. The molecule has 0 radical (unpaired) electrons. The standard InChI is InChI=1S/C98H184N4O14/c1-5-9-13-17-21-25-29-33-37-41-45-49-53-57-61-65-83-111-91(103)69-77-101(78-70-92(104)112-84-66-62-58-54-50-46-42-38-34-30-26-22-18-14-10-6-2)81-73-95(107)115-87-75-89-97(109)100-90(98(110)99-89)76-88-116-96(108)74-82-102(79-71-93(105)113-85-67-63-59-55-51-47-43-39-35-31-27-23-19-15-11-7-3)80-72-94(106)114-86-68-64-60-56-52-48-44-40-36-32-28-24-20-16-12-8-4/h89-90H,5-88H2,1-4H3,(H,99,110)(H,100,109). The molecular weight excluding hydrogens is 1460 g/mol. The predicted molar refractivity (Wildman–Crippen MR) is 478 cm³/mol. The third kappa shape index (κ3) is 77.0. The minimum atomic E-state index is -0.945. The van der Waals surface area contributed by atoms with E-state index in [0.29, 0.717) is 52.6 Å². The van der Waals surface area contributed by atoms with Gasteiger partial charge < -0.3 is 48.9 Å². The molecule has 1 saturated heterocycles. The summed E-state index contributed by atoms with van der Waals surface area (Å²) in [6.45, 7) is 11.9. The van der Waals surface area contributed by atoms with Gasteiger partial charge in [0.05, 0.1) is 78.2 Å². The Hall–Kier alpha value is -4.32. The van der Waals surface area contributed by atoms with Crippen molar-refractivity contribution in [3.63, 3.8) is 0 Å². The van der Waals surface area contributed by atoms with Gasteiger partial charge in [-0.2, -0.15) is 0 Å². The smallest absolute Gasteiger partial charge is 0.307 e. The average Bonchev–Trinajstić information content (AvgIpc) is 0.845. The fourth-order valence-corrected chi connectivity index (χ4v) is 15.6. The highest BCUT2D eigenvalue weighted by Gasteiger charge is 2.34. The lowest BCUT2D eigenvalue weighted by molar-refractivity contribution is -0.148. The van der Waals surface area contributed by atoms with Crippen molar-refractivity contribution in [3.05, 3.63) is 0 Å². The molecule has 0 aromatic rings. The first-order chi connectivity index (χ1) is 56.9. The zero-order valence-corrected chi connectivity index (χ0v) is 76.2. The van der Waals surface area contributed by atoms with Crippen molar-refractivity contribution >= 4 is 47.6 Å². The van der Waals surface area contributed by atoms with Crippen LogP contribution in [-0.4, -0.2) is 148 Å². The van der Waals surface area contributed by atoms with Crippen LogP contribution in [-0.2, 0) is 66.8 Å². The van der Waals surface area contributed by atoms with Gasteiger partial charge in [-0.25, -0.2) is 0 Å². The van der Waals surface area contributed by atoms with E-state index in [0.717, 1.165) is 77.0 Å². The lowest BCUT2D eigenvalue weighted by Crippen LogP contribution is -2.62. The van der Waals surface area contributed by atoms with E-state index in [2.05, 4.69) is 38.3 Å². The molecule has 0 spiro atoms. The van der Waals surface area contributed by atoms with Gasteiger partial charge in [0.1, 0.15) is 12.1 Å². The molecule has 2 atom stereocenters. The number of amides is 2. The zero-order valence-electron chi connectivity index (χ0n) is 76.2. The van der Waals surface area contributed by atoms with E-state index in [1.807, 2.05) is 9.80 Å². The van der Waals surface area contributed by atoms with Crippen molar-refractivity contribution in [2.75, 3.05) is 78.9 Å². The molecule has 1 fully saturated rings. The Labute approximate surface area is 712 Å². The van der Waals surface area contributed by atoms with Crippen LogP contribution < -0.4 is 10.6 Å². The molecule has 2 amide bonds. The van der Waals surface area contributed by atoms with Crippen LogP contribution >= 0.6 is 0 Å². The van der Waals surface area contributed by atoms with Crippen LogP contribution in [0.4, 0.5) is 0 Å². The number of carbonyl (C=O) groups excluding carboxylic acids is 8. The van der Waals surface area contributed by atoms with Crippen LogP contribution in [0.1, 0.15) is 490 Å². The van der Waals surface area contributed by atoms with Crippen molar-refractivity contribution in [1.29, 1.82) is 0 Å². The highest BCUT2D eigenvalue weighted by molar-refractivity contribution is 5.97. The van der Waals surface area contributed by atoms with Crippen LogP contribution in [0.15, 0.2) is 0 Å². The van der Waals surface area contributed by atoms with Gasteiger partial charge in [0.15, 0.2) is 0 Å². The van der Waals surface area contributed by atoms with Crippen molar-refractivity contribution in [2.45, 2.75) is 502 Å². The molecule has 18 nitrogen and oxygen atoms in total. The topological polar surface area (TPSA) is 222 Å². The monoisotopic (exact) mass is 1640 g/mol. The first-order valence-corrected chi connectivity index (χ1v) is 49.9. The average molecular weight is 1640 g/mol. The molecule has 2 unspecified atom stereocenters. The Morgan fingerprint density at radius 1 is 0.207 bits per heavy atom. The van der Waals surface area contributed by atoms with Crippen LogP contribution in [0.5, 0.6) is 0 Å². The number of piperazine rings is 1. The van der Waals surface area contributed by atoms with Gasteiger partial charge in [-0.05, 0) is 25.7 Å². The normalized spacial score (nSPS) is 13.5. The largest absolute Gasteiger partial charge is 0.466 e. The van der Waals surface area contributed by atoms with Crippen molar-refractivity contribution in [2.24, 2.45) is 0 Å². The van der Waals surface area contributed by atoms with Crippen molar-refractivity contribution in [1.82, 2.24) is 20.4 Å². The molecule has 1 heterocycles. The second-order valence-electron chi connectivity index (χ2n) is 34.4. The number of ether oxygens (including phenoxy) is 6. The van der Waals surface area contributed by atoms with Gasteiger partial charge in [-0.3, -0.25) is 38.4 Å². The number of rotatable bonds is 92. The quantitative estimate of drug-likeness (QED) is 0.0328. The van der Waals surface area contributed by atoms with Gasteiger partial charge in [-0.1, -0.05) is 413 Å². The molecule has 0 saturated carbocycles. The van der Waals surface area contributed by atoms with Crippen molar-refractivity contribution in [3.8, 4) is 0 Å². The fourth-order valence-electron chi connectivity index (χ4n) is 15.6. The number of hydrogen-bond donors (Lipinski definition) is 2. The minimum Gasteiger partial charge on any atom is -0.466 e. The maximum Gasteiger partial charge on any atom is 0.307 e. The molecule has 18 heteroatoms. The van der Waals surface area contributed by atoms with E-state index >= 15 is 0 Å². The number of carbonyl (C=O) groups is 8. The van der Waals surface area contributed by atoms with E-state index in [-0.39, 0.29) is 102 Å². The lowest BCUT2D eigenvalue weighted by atomic mass is 10.0. The summed E-state index contributed by atoms with van der Waals surface area (Å²) in [6.07, 6.45) is 81.7. The summed E-state index contributed by atoms with van der Waals surface area (Å²) in [5.74, 6) is -3.20. The number of unbranched alkanes of at least 4 members (excludes halogenated alkanes) is 60. The Morgan fingerprint density at radius 2 is 0.336 bits per heavy atom.